The highest BCUT2D eigenvalue weighted by Crippen LogP contribution is 2.41. The summed E-state index contributed by atoms with van der Waals surface area (Å²) in [7, 11) is -1.99. The molecule has 1 aromatic rings. The third kappa shape index (κ3) is 6.16. The largest absolute Gasteiger partial charge is 0.405 e. The molecule has 0 aromatic heterocycles. The molecule has 132 valence electrons. The van der Waals surface area contributed by atoms with Gasteiger partial charge in [0.2, 0.25) is 0 Å². The van der Waals surface area contributed by atoms with E-state index in [0.717, 1.165) is 5.56 Å². The van der Waals surface area contributed by atoms with Crippen LogP contribution in [0.3, 0.4) is 0 Å². The van der Waals surface area contributed by atoms with Gasteiger partial charge in [-0.1, -0.05) is 51.1 Å². The maximum absolute atomic E-state index is 6.70. The Kier molecular flexibility index (Phi) is 6.81. The number of methoxy groups -OCH3 is 1. The Morgan fingerprint density at radius 2 is 1.39 bits per heavy atom. The molecule has 0 N–H and O–H groups in total. The number of hydrogen-bond acceptors (Lipinski definition) is 3. The maximum atomic E-state index is 6.70. The van der Waals surface area contributed by atoms with Gasteiger partial charge in [-0.25, -0.2) is 0 Å². The zero-order valence-electron chi connectivity index (χ0n) is 16.3. The van der Waals surface area contributed by atoms with Crippen LogP contribution in [0.4, 0.5) is 0 Å². The van der Waals surface area contributed by atoms with Crippen LogP contribution in [-0.4, -0.2) is 30.0 Å². The van der Waals surface area contributed by atoms with Gasteiger partial charge in [-0.15, -0.1) is 0 Å². The van der Waals surface area contributed by atoms with Gasteiger partial charge in [0.15, 0.2) is 22.9 Å². The van der Waals surface area contributed by atoms with Crippen LogP contribution in [0.25, 0.3) is 0 Å². The van der Waals surface area contributed by atoms with Crippen LogP contribution in [-0.2, 0) is 13.6 Å². The fourth-order valence-electron chi connectivity index (χ4n) is 2.00. The smallest absolute Gasteiger partial charge is 0.193 e. The Morgan fingerprint density at radius 1 is 0.870 bits per heavy atom. The van der Waals surface area contributed by atoms with Gasteiger partial charge >= 0.3 is 0 Å². The summed E-state index contributed by atoms with van der Waals surface area (Å²) in [5.41, 5.74) is 1.11. The molecule has 0 radical (unpaired) electrons. The fourth-order valence-corrected chi connectivity index (χ4v) is 4.15. The zero-order valence-corrected chi connectivity index (χ0v) is 18.3. The normalized spacial score (nSPS) is 16.2. The molecule has 0 saturated carbocycles. The van der Waals surface area contributed by atoms with Crippen molar-refractivity contribution in [2.45, 2.75) is 70.9 Å². The topological polar surface area (TPSA) is 27.7 Å². The second-order valence-electron chi connectivity index (χ2n) is 8.54. The molecule has 2 unspecified atom stereocenters. The van der Waals surface area contributed by atoms with Crippen molar-refractivity contribution < 1.29 is 13.6 Å². The van der Waals surface area contributed by atoms with Crippen molar-refractivity contribution in [1.82, 2.24) is 0 Å². The van der Waals surface area contributed by atoms with Gasteiger partial charge in [-0.3, -0.25) is 0 Å². The van der Waals surface area contributed by atoms with Gasteiger partial charge < -0.3 is 13.6 Å². The molecule has 1 aromatic carbocycles. The minimum absolute atomic E-state index is 0.136. The summed E-state index contributed by atoms with van der Waals surface area (Å²) in [6.45, 7) is 17.8. The van der Waals surface area contributed by atoms with Crippen LogP contribution in [0.1, 0.15) is 32.4 Å². The molecule has 0 fully saturated rings. The minimum Gasteiger partial charge on any atom is -0.405 e. The van der Waals surface area contributed by atoms with Crippen LogP contribution < -0.4 is 0 Å². The highest BCUT2D eigenvalue weighted by Gasteiger charge is 2.42. The Labute approximate surface area is 144 Å². The van der Waals surface area contributed by atoms with Crippen LogP contribution in [0.2, 0.25) is 37.8 Å². The summed E-state index contributed by atoms with van der Waals surface area (Å²) < 4.78 is 18.7. The Morgan fingerprint density at radius 3 is 1.78 bits per heavy atom. The molecule has 0 amide bonds. The first-order chi connectivity index (χ1) is 10.4. The van der Waals surface area contributed by atoms with Crippen molar-refractivity contribution in [3.8, 4) is 0 Å². The lowest BCUT2D eigenvalue weighted by Gasteiger charge is -2.42. The van der Waals surface area contributed by atoms with E-state index < -0.39 is 16.6 Å². The second kappa shape index (κ2) is 7.61. The molecule has 0 aliphatic heterocycles. The number of hydrogen-bond donors (Lipinski definition) is 0. The molecule has 3 nitrogen and oxygen atoms in total. The van der Waals surface area contributed by atoms with E-state index >= 15 is 0 Å². The van der Waals surface area contributed by atoms with Crippen LogP contribution in [0, 0.1) is 0 Å². The average molecular weight is 355 g/mol. The molecule has 2 atom stereocenters. The SMILES string of the molecule is COC(O[Si](C)(C)C)C(O[Si](C)(C)C(C)(C)C)c1ccccc1. The first kappa shape index (κ1) is 20.6. The standard InChI is InChI=1S/C18H34O3Si2/c1-18(2,3)23(8,9)20-16(15-13-11-10-12-14-15)17(19-4)21-22(5,6)7/h10-14,16-17H,1-9H3. The molecule has 0 aliphatic carbocycles. The van der Waals surface area contributed by atoms with E-state index in [2.05, 4.69) is 65.6 Å². The third-order valence-corrected chi connectivity index (χ3v) is 9.70. The van der Waals surface area contributed by atoms with E-state index in [1.807, 2.05) is 18.2 Å². The molecular formula is C18H34O3Si2. The summed E-state index contributed by atoms with van der Waals surface area (Å²) in [6.07, 6.45) is -0.577. The van der Waals surface area contributed by atoms with E-state index in [0.29, 0.717) is 0 Å². The Balaban J connectivity index is 3.17. The molecule has 0 saturated heterocycles. The van der Waals surface area contributed by atoms with Gasteiger partial charge in [0.25, 0.3) is 0 Å². The molecule has 0 bridgehead atoms. The van der Waals surface area contributed by atoms with Crippen LogP contribution in [0.5, 0.6) is 0 Å². The number of rotatable bonds is 7. The Bertz CT molecular complexity index is 475. The fraction of sp³-hybridized carbons (Fsp3) is 0.667. The molecule has 1 rings (SSSR count). The lowest BCUT2D eigenvalue weighted by atomic mass is 10.1. The number of benzene rings is 1. The maximum Gasteiger partial charge on any atom is 0.193 e. The van der Waals surface area contributed by atoms with Gasteiger partial charge in [0.05, 0.1) is 0 Å². The van der Waals surface area contributed by atoms with E-state index in [-0.39, 0.29) is 17.4 Å². The van der Waals surface area contributed by atoms with E-state index in [4.69, 9.17) is 13.6 Å². The van der Waals surface area contributed by atoms with Gasteiger partial charge in [0.1, 0.15) is 6.10 Å². The predicted octanol–water partition coefficient (Wildman–Crippen LogP) is 5.57. The lowest BCUT2D eigenvalue weighted by molar-refractivity contribution is -0.129. The van der Waals surface area contributed by atoms with Crippen molar-refractivity contribution >= 4 is 16.6 Å². The summed E-state index contributed by atoms with van der Waals surface area (Å²) in [5.74, 6) is 0. The summed E-state index contributed by atoms with van der Waals surface area (Å²) in [6, 6.07) is 10.3. The first-order valence-corrected chi connectivity index (χ1v) is 14.6. The van der Waals surface area contributed by atoms with Gasteiger partial charge in [-0.05, 0) is 43.3 Å². The van der Waals surface area contributed by atoms with Gasteiger partial charge in [0, 0.05) is 7.11 Å². The van der Waals surface area contributed by atoms with Crippen molar-refractivity contribution in [3.05, 3.63) is 35.9 Å². The lowest BCUT2D eigenvalue weighted by Crippen LogP contribution is -2.46. The summed E-state index contributed by atoms with van der Waals surface area (Å²) >= 11 is 0. The second-order valence-corrected chi connectivity index (χ2v) is 17.8. The quantitative estimate of drug-likeness (QED) is 0.473. The van der Waals surface area contributed by atoms with Gasteiger partial charge in [-0.2, -0.15) is 0 Å². The molecular weight excluding hydrogens is 320 g/mol. The monoisotopic (exact) mass is 354 g/mol. The zero-order chi connectivity index (χ0) is 17.9. The molecule has 0 aliphatic rings. The molecule has 0 spiro atoms. The van der Waals surface area contributed by atoms with Crippen LogP contribution >= 0.6 is 0 Å². The van der Waals surface area contributed by atoms with E-state index in [9.17, 15) is 0 Å². The van der Waals surface area contributed by atoms with Crippen molar-refractivity contribution in [1.29, 1.82) is 0 Å². The number of ether oxygens (including phenoxy) is 1. The van der Waals surface area contributed by atoms with E-state index in [1.54, 1.807) is 7.11 Å². The van der Waals surface area contributed by atoms with Crippen LogP contribution in [0.15, 0.2) is 30.3 Å². The van der Waals surface area contributed by atoms with Crippen molar-refractivity contribution in [3.63, 3.8) is 0 Å². The van der Waals surface area contributed by atoms with E-state index in [1.165, 1.54) is 0 Å². The first-order valence-electron chi connectivity index (χ1n) is 8.31. The molecule has 23 heavy (non-hydrogen) atoms. The molecule has 5 heteroatoms. The average Bonchev–Trinajstić information content (AvgIpc) is 2.41. The minimum atomic E-state index is -1.95. The van der Waals surface area contributed by atoms with Crippen molar-refractivity contribution in [2.75, 3.05) is 7.11 Å². The Hall–Kier alpha value is -0.466. The highest BCUT2D eigenvalue weighted by molar-refractivity contribution is 6.74. The predicted molar refractivity (Wildman–Crippen MR) is 103 cm³/mol. The third-order valence-electron chi connectivity index (χ3n) is 4.31. The van der Waals surface area contributed by atoms with Crippen molar-refractivity contribution in [2.24, 2.45) is 0 Å². The summed E-state index contributed by atoms with van der Waals surface area (Å²) in [4.78, 5) is 0. The highest BCUT2D eigenvalue weighted by atomic mass is 28.4. The summed E-state index contributed by atoms with van der Waals surface area (Å²) in [5, 5.41) is 0.136. The molecule has 0 heterocycles.